The number of ether oxygens (including phenoxy) is 1. The first-order valence-corrected chi connectivity index (χ1v) is 9.04. The van der Waals surface area contributed by atoms with Gasteiger partial charge in [-0.1, -0.05) is 17.7 Å². The Balaban J connectivity index is 1.72. The summed E-state index contributed by atoms with van der Waals surface area (Å²) < 4.78 is 34.6. The molecule has 2 heterocycles. The lowest BCUT2D eigenvalue weighted by Gasteiger charge is -2.11. The van der Waals surface area contributed by atoms with E-state index in [0.717, 1.165) is 5.56 Å². The third-order valence-electron chi connectivity index (χ3n) is 3.35. The van der Waals surface area contributed by atoms with Crippen molar-refractivity contribution >= 4 is 15.8 Å². The van der Waals surface area contributed by atoms with Crippen LogP contribution in [0.3, 0.4) is 0 Å². The highest BCUT2D eigenvalue weighted by Crippen LogP contribution is 2.22. The number of hydrogen-bond acceptors (Lipinski definition) is 6. The normalized spacial score (nSPS) is 11.2. The molecule has 0 aliphatic heterocycles. The van der Waals surface area contributed by atoms with Crippen LogP contribution in [0.2, 0.25) is 0 Å². The van der Waals surface area contributed by atoms with Crippen LogP contribution >= 0.6 is 0 Å². The summed E-state index contributed by atoms with van der Waals surface area (Å²) >= 11 is 0. The smallest absolute Gasteiger partial charge is 0.263 e. The van der Waals surface area contributed by atoms with E-state index >= 15 is 0 Å². The summed E-state index contributed by atoms with van der Waals surface area (Å²) in [5.41, 5.74) is 0.973. The van der Waals surface area contributed by atoms with Gasteiger partial charge in [0.1, 0.15) is 6.61 Å². The molecule has 130 valence electrons. The number of rotatable bonds is 7. The molecule has 0 amide bonds. The van der Waals surface area contributed by atoms with Crippen LogP contribution in [0.15, 0.2) is 60.0 Å². The fraction of sp³-hybridized carbons (Fsp3) is 0.188. The van der Waals surface area contributed by atoms with Crippen LogP contribution in [0, 0.1) is 6.92 Å². The van der Waals surface area contributed by atoms with Crippen molar-refractivity contribution in [3.8, 4) is 5.88 Å². The molecule has 0 unspecified atom stereocenters. The molecular formula is C16H17N5O3S. The molecule has 0 atom stereocenters. The molecule has 0 saturated heterocycles. The van der Waals surface area contributed by atoms with E-state index in [1.54, 1.807) is 29.2 Å². The molecule has 3 rings (SSSR count). The van der Waals surface area contributed by atoms with E-state index < -0.39 is 10.0 Å². The molecular weight excluding hydrogens is 342 g/mol. The summed E-state index contributed by atoms with van der Waals surface area (Å²) in [5, 5.41) is 4.07. The molecule has 0 radical (unpaired) electrons. The van der Waals surface area contributed by atoms with Gasteiger partial charge in [-0.2, -0.15) is 5.10 Å². The number of aryl methyl sites for hydroxylation is 1. The monoisotopic (exact) mass is 359 g/mol. The molecule has 3 aromatic rings. The largest absolute Gasteiger partial charge is 0.473 e. The van der Waals surface area contributed by atoms with E-state index in [9.17, 15) is 8.42 Å². The number of nitrogens with zero attached hydrogens (tertiary/aromatic N) is 4. The van der Waals surface area contributed by atoms with Crippen molar-refractivity contribution in [3.63, 3.8) is 0 Å². The Kier molecular flexibility index (Phi) is 4.94. The van der Waals surface area contributed by atoms with Crippen molar-refractivity contribution in [2.24, 2.45) is 0 Å². The first-order chi connectivity index (χ1) is 12.0. The van der Waals surface area contributed by atoms with Crippen molar-refractivity contribution in [2.45, 2.75) is 18.4 Å². The van der Waals surface area contributed by atoms with Crippen LogP contribution < -0.4 is 9.46 Å². The van der Waals surface area contributed by atoms with Gasteiger partial charge in [-0.3, -0.25) is 9.40 Å². The van der Waals surface area contributed by atoms with Crippen molar-refractivity contribution in [2.75, 3.05) is 11.3 Å². The van der Waals surface area contributed by atoms with Gasteiger partial charge in [-0.15, -0.1) is 0 Å². The summed E-state index contributed by atoms with van der Waals surface area (Å²) in [4.78, 5) is 8.22. The lowest BCUT2D eigenvalue weighted by molar-refractivity contribution is 0.281. The van der Waals surface area contributed by atoms with E-state index in [4.69, 9.17) is 4.74 Å². The van der Waals surface area contributed by atoms with Crippen LogP contribution in [0.1, 0.15) is 5.56 Å². The second-order valence-corrected chi connectivity index (χ2v) is 6.93. The van der Waals surface area contributed by atoms with Crippen molar-refractivity contribution in [1.82, 2.24) is 19.7 Å². The van der Waals surface area contributed by atoms with Gasteiger partial charge < -0.3 is 4.74 Å². The standard InChI is InChI=1S/C16H17N5O3S/c1-13-3-5-14(6-4-13)25(22,23)20-15-16(18-9-8-17-15)24-12-11-21-10-2-7-19-21/h2-10H,11-12H2,1H3,(H,17,20). The SMILES string of the molecule is Cc1ccc(S(=O)(=O)Nc2nccnc2OCCn2cccn2)cc1. The molecule has 0 spiro atoms. The first-order valence-electron chi connectivity index (χ1n) is 7.55. The van der Waals surface area contributed by atoms with Crippen molar-refractivity contribution in [1.29, 1.82) is 0 Å². The average Bonchev–Trinajstić information content (AvgIpc) is 3.10. The zero-order chi connectivity index (χ0) is 17.7. The molecule has 0 saturated carbocycles. The number of aromatic nitrogens is 4. The Morgan fingerprint density at radius 2 is 1.88 bits per heavy atom. The minimum atomic E-state index is -3.77. The Morgan fingerprint density at radius 1 is 1.12 bits per heavy atom. The number of anilines is 1. The maximum absolute atomic E-state index is 12.5. The fourth-order valence-corrected chi connectivity index (χ4v) is 3.08. The van der Waals surface area contributed by atoms with Crippen LogP contribution in [-0.4, -0.2) is 34.8 Å². The van der Waals surface area contributed by atoms with E-state index in [1.807, 2.05) is 13.0 Å². The highest BCUT2D eigenvalue weighted by Gasteiger charge is 2.18. The van der Waals surface area contributed by atoms with Crippen LogP contribution in [0.4, 0.5) is 5.82 Å². The molecule has 0 bridgehead atoms. The highest BCUT2D eigenvalue weighted by atomic mass is 32.2. The molecule has 9 heteroatoms. The average molecular weight is 359 g/mol. The minimum absolute atomic E-state index is 0.0449. The molecule has 1 aromatic carbocycles. The summed E-state index contributed by atoms with van der Waals surface area (Å²) in [6.07, 6.45) is 6.31. The minimum Gasteiger partial charge on any atom is -0.473 e. The Bertz CT molecular complexity index is 925. The molecule has 0 aliphatic rings. The number of hydrogen-bond donors (Lipinski definition) is 1. The molecule has 0 fully saturated rings. The predicted molar refractivity (Wildman–Crippen MR) is 91.7 cm³/mol. The zero-order valence-electron chi connectivity index (χ0n) is 13.5. The second kappa shape index (κ2) is 7.31. The van der Waals surface area contributed by atoms with Gasteiger partial charge >= 0.3 is 0 Å². The Hall–Kier alpha value is -2.94. The van der Waals surface area contributed by atoms with Crippen LogP contribution in [-0.2, 0) is 16.6 Å². The third-order valence-corrected chi connectivity index (χ3v) is 4.70. The summed E-state index contributed by atoms with van der Waals surface area (Å²) in [7, 11) is -3.77. The van der Waals surface area contributed by atoms with Gasteiger partial charge in [-0.05, 0) is 25.1 Å². The van der Waals surface area contributed by atoms with Gasteiger partial charge in [0.25, 0.3) is 15.9 Å². The quantitative estimate of drug-likeness (QED) is 0.691. The van der Waals surface area contributed by atoms with E-state index in [-0.39, 0.29) is 23.2 Å². The fourth-order valence-electron chi connectivity index (χ4n) is 2.07. The first kappa shape index (κ1) is 16.9. The number of nitrogens with one attached hydrogen (secondary N) is 1. The van der Waals surface area contributed by atoms with E-state index in [0.29, 0.717) is 6.54 Å². The van der Waals surface area contributed by atoms with Crippen molar-refractivity contribution in [3.05, 3.63) is 60.7 Å². The predicted octanol–water partition coefficient (Wildman–Crippen LogP) is 1.86. The molecule has 8 nitrogen and oxygen atoms in total. The summed E-state index contributed by atoms with van der Waals surface area (Å²) in [5.74, 6) is 0.161. The second-order valence-electron chi connectivity index (χ2n) is 5.25. The Labute approximate surface area is 145 Å². The number of sulfonamides is 1. The summed E-state index contributed by atoms with van der Waals surface area (Å²) in [6.45, 7) is 2.67. The highest BCUT2D eigenvalue weighted by molar-refractivity contribution is 7.92. The van der Waals surface area contributed by atoms with Crippen LogP contribution in [0.25, 0.3) is 0 Å². The molecule has 0 aliphatic carbocycles. The lowest BCUT2D eigenvalue weighted by Crippen LogP contribution is -2.16. The zero-order valence-corrected chi connectivity index (χ0v) is 14.3. The van der Waals surface area contributed by atoms with Gasteiger partial charge in [0.05, 0.1) is 11.4 Å². The van der Waals surface area contributed by atoms with Gasteiger partial charge in [0, 0.05) is 24.8 Å². The van der Waals surface area contributed by atoms with E-state index in [1.165, 1.54) is 24.5 Å². The molecule has 25 heavy (non-hydrogen) atoms. The van der Waals surface area contributed by atoms with Gasteiger partial charge in [-0.25, -0.2) is 18.4 Å². The topological polar surface area (TPSA) is 99.0 Å². The Morgan fingerprint density at radius 3 is 2.60 bits per heavy atom. The lowest BCUT2D eigenvalue weighted by atomic mass is 10.2. The maximum Gasteiger partial charge on any atom is 0.263 e. The van der Waals surface area contributed by atoms with Crippen molar-refractivity contribution < 1.29 is 13.2 Å². The van der Waals surface area contributed by atoms with Gasteiger partial charge in [0.15, 0.2) is 0 Å². The third kappa shape index (κ3) is 4.32. The maximum atomic E-state index is 12.5. The van der Waals surface area contributed by atoms with Gasteiger partial charge in [0.2, 0.25) is 5.82 Å². The molecule has 2 aromatic heterocycles. The van der Waals surface area contributed by atoms with Crippen LogP contribution in [0.5, 0.6) is 5.88 Å². The number of benzene rings is 1. The summed E-state index contributed by atoms with van der Waals surface area (Å²) in [6, 6.07) is 8.33. The van der Waals surface area contributed by atoms with E-state index in [2.05, 4.69) is 19.8 Å². The molecule has 1 N–H and O–H groups in total.